The number of hydrogen-bond donors (Lipinski definition) is 2. The fraction of sp³-hybridized carbons (Fsp3) is 0.0952. The summed E-state index contributed by atoms with van der Waals surface area (Å²) in [4.78, 5) is 16.6. The van der Waals surface area contributed by atoms with Crippen LogP contribution in [0.3, 0.4) is 0 Å². The summed E-state index contributed by atoms with van der Waals surface area (Å²) in [6.45, 7) is 0.211. The van der Waals surface area contributed by atoms with Gasteiger partial charge in [0.05, 0.1) is 22.8 Å². The lowest BCUT2D eigenvalue weighted by molar-refractivity contribution is 0.0947. The number of amides is 1. The fourth-order valence-corrected chi connectivity index (χ4v) is 3.02. The van der Waals surface area contributed by atoms with Gasteiger partial charge >= 0.3 is 0 Å². The molecule has 0 fully saturated rings. The Labute approximate surface area is 174 Å². The summed E-state index contributed by atoms with van der Waals surface area (Å²) in [5.74, 6) is -0.877. The van der Waals surface area contributed by atoms with Gasteiger partial charge < -0.3 is 15.2 Å². The first-order valence-electron chi connectivity index (χ1n) is 8.43. The molecule has 0 atom stereocenters. The molecule has 0 aliphatic heterocycles. The molecule has 0 saturated heterocycles. The summed E-state index contributed by atoms with van der Waals surface area (Å²) >= 11 is 3.14. The zero-order valence-corrected chi connectivity index (χ0v) is 16.8. The maximum Gasteiger partial charge on any atom is 0.255 e. The highest BCUT2D eigenvalue weighted by Gasteiger charge is 2.15. The molecular formula is C21H15BrFN3O3. The number of aromatic nitrogens is 1. The number of ether oxygens (including phenoxy) is 1. The Balaban J connectivity index is 1.76. The number of pyridine rings is 1. The topological polar surface area (TPSA) is 95.2 Å². The minimum Gasteiger partial charge on any atom is -0.505 e. The Hall–Kier alpha value is -3.44. The minimum absolute atomic E-state index is 0.0682. The highest BCUT2D eigenvalue weighted by atomic mass is 79.9. The third-order valence-corrected chi connectivity index (χ3v) is 4.79. The SMILES string of the molecule is COc1ccc(F)cc1C(=O)NCc1ccc(-c2ncc(Br)c(O)c2C#N)cc1. The van der Waals surface area contributed by atoms with Gasteiger partial charge in [0.25, 0.3) is 5.91 Å². The standard InChI is InChI=1S/C21H15BrFN3O3/c1-29-18-7-6-14(23)8-15(18)21(28)26-10-12-2-4-13(5-3-12)19-16(9-24)20(27)17(22)11-25-19/h2-8,11H,10H2,1H3,(H,25,27)(H,26,28). The van der Waals surface area contributed by atoms with E-state index in [4.69, 9.17) is 4.74 Å². The second kappa shape index (κ2) is 8.71. The normalized spacial score (nSPS) is 10.3. The van der Waals surface area contributed by atoms with Crippen LogP contribution < -0.4 is 10.1 Å². The molecule has 0 unspecified atom stereocenters. The molecule has 2 aromatic carbocycles. The molecule has 0 radical (unpaired) electrons. The quantitative estimate of drug-likeness (QED) is 0.601. The van der Waals surface area contributed by atoms with Crippen molar-refractivity contribution < 1.29 is 19.0 Å². The first kappa shape index (κ1) is 20.3. The van der Waals surface area contributed by atoms with Crippen molar-refractivity contribution in [2.75, 3.05) is 7.11 Å². The number of nitrogens with one attached hydrogen (secondary N) is 1. The smallest absolute Gasteiger partial charge is 0.255 e. The van der Waals surface area contributed by atoms with Crippen molar-refractivity contribution in [1.82, 2.24) is 10.3 Å². The van der Waals surface area contributed by atoms with Gasteiger partial charge in [-0.3, -0.25) is 9.78 Å². The van der Waals surface area contributed by atoms with Gasteiger partial charge in [-0.05, 0) is 39.7 Å². The molecule has 3 rings (SSSR count). The number of methoxy groups -OCH3 is 1. The van der Waals surface area contributed by atoms with Crippen LogP contribution in [0.15, 0.2) is 53.1 Å². The summed E-state index contributed by atoms with van der Waals surface area (Å²) in [5.41, 5.74) is 1.97. The van der Waals surface area contributed by atoms with Gasteiger partial charge in [-0.1, -0.05) is 24.3 Å². The zero-order valence-electron chi connectivity index (χ0n) is 15.2. The van der Waals surface area contributed by atoms with Crippen molar-refractivity contribution in [1.29, 1.82) is 5.26 Å². The number of aromatic hydroxyl groups is 1. The van der Waals surface area contributed by atoms with Crippen molar-refractivity contribution in [2.24, 2.45) is 0 Å². The van der Waals surface area contributed by atoms with Gasteiger partial charge in [-0.15, -0.1) is 0 Å². The van der Waals surface area contributed by atoms with E-state index in [0.717, 1.165) is 11.6 Å². The third-order valence-electron chi connectivity index (χ3n) is 4.21. The van der Waals surface area contributed by atoms with Gasteiger partial charge in [0.15, 0.2) is 5.75 Å². The number of nitriles is 1. The van der Waals surface area contributed by atoms with Gasteiger partial charge in [-0.2, -0.15) is 5.26 Å². The Bertz CT molecular complexity index is 1110. The Morgan fingerprint density at radius 2 is 2.03 bits per heavy atom. The van der Waals surface area contributed by atoms with E-state index in [-0.39, 0.29) is 29.2 Å². The lowest BCUT2D eigenvalue weighted by Crippen LogP contribution is -2.23. The fourth-order valence-electron chi connectivity index (χ4n) is 2.72. The molecule has 1 aromatic heterocycles. The molecule has 0 bridgehead atoms. The molecule has 1 amide bonds. The first-order valence-corrected chi connectivity index (χ1v) is 9.22. The summed E-state index contributed by atoms with van der Waals surface area (Å²) in [6, 6.07) is 12.7. The van der Waals surface area contributed by atoms with E-state index in [9.17, 15) is 19.6 Å². The zero-order chi connectivity index (χ0) is 21.0. The number of halogens is 2. The number of rotatable bonds is 5. The maximum absolute atomic E-state index is 13.4. The average Bonchev–Trinajstić information content (AvgIpc) is 2.74. The summed E-state index contributed by atoms with van der Waals surface area (Å²) in [6.07, 6.45) is 1.42. The minimum atomic E-state index is -0.529. The third kappa shape index (κ3) is 4.36. The lowest BCUT2D eigenvalue weighted by Gasteiger charge is -2.10. The first-order chi connectivity index (χ1) is 13.9. The Kier molecular flexibility index (Phi) is 6.10. The average molecular weight is 456 g/mol. The number of nitrogens with zero attached hydrogens (tertiary/aromatic N) is 2. The molecule has 8 heteroatoms. The summed E-state index contributed by atoms with van der Waals surface area (Å²) in [5, 5.41) is 22.0. The Morgan fingerprint density at radius 1 is 1.31 bits per heavy atom. The van der Waals surface area contributed by atoms with E-state index >= 15 is 0 Å². The second-order valence-electron chi connectivity index (χ2n) is 6.01. The molecule has 0 spiro atoms. The molecule has 6 nitrogen and oxygen atoms in total. The molecule has 0 aliphatic rings. The van der Waals surface area contributed by atoms with Crippen LogP contribution in [-0.2, 0) is 6.54 Å². The number of benzene rings is 2. The molecule has 146 valence electrons. The van der Waals surface area contributed by atoms with E-state index in [0.29, 0.717) is 15.7 Å². The number of carbonyl (C=O) groups is 1. The van der Waals surface area contributed by atoms with Crippen molar-refractivity contribution >= 4 is 21.8 Å². The predicted octanol–water partition coefficient (Wildman–Crippen LogP) is 4.17. The molecule has 29 heavy (non-hydrogen) atoms. The van der Waals surface area contributed by atoms with Crippen molar-refractivity contribution in [3.05, 3.63) is 75.6 Å². The van der Waals surface area contributed by atoms with Crippen molar-refractivity contribution in [3.8, 4) is 28.8 Å². The second-order valence-corrected chi connectivity index (χ2v) is 6.87. The Morgan fingerprint density at radius 3 is 2.69 bits per heavy atom. The van der Waals surface area contributed by atoms with E-state index in [1.165, 1.54) is 25.4 Å². The van der Waals surface area contributed by atoms with Crippen LogP contribution in [-0.4, -0.2) is 23.1 Å². The highest BCUT2D eigenvalue weighted by Crippen LogP contribution is 2.33. The van der Waals surface area contributed by atoms with Crippen LogP contribution in [0.2, 0.25) is 0 Å². The van der Waals surface area contributed by atoms with Gasteiger partial charge in [0.1, 0.15) is 23.2 Å². The van der Waals surface area contributed by atoms with Crippen LogP contribution in [0.1, 0.15) is 21.5 Å². The number of hydrogen-bond acceptors (Lipinski definition) is 5. The molecule has 3 aromatic rings. The molecular weight excluding hydrogens is 441 g/mol. The number of carbonyl (C=O) groups excluding carboxylic acids is 1. The van der Waals surface area contributed by atoms with Crippen LogP contribution in [0.5, 0.6) is 11.5 Å². The highest BCUT2D eigenvalue weighted by molar-refractivity contribution is 9.10. The van der Waals surface area contributed by atoms with E-state index < -0.39 is 11.7 Å². The monoisotopic (exact) mass is 455 g/mol. The van der Waals surface area contributed by atoms with Crippen LogP contribution >= 0.6 is 15.9 Å². The van der Waals surface area contributed by atoms with E-state index in [2.05, 4.69) is 26.2 Å². The van der Waals surface area contributed by atoms with Crippen molar-refractivity contribution in [2.45, 2.75) is 6.54 Å². The van der Waals surface area contributed by atoms with E-state index in [1.807, 2.05) is 6.07 Å². The van der Waals surface area contributed by atoms with Gasteiger partial charge in [0, 0.05) is 18.3 Å². The van der Waals surface area contributed by atoms with Gasteiger partial charge in [-0.25, -0.2) is 4.39 Å². The van der Waals surface area contributed by atoms with Crippen LogP contribution in [0, 0.1) is 17.1 Å². The predicted molar refractivity (Wildman–Crippen MR) is 108 cm³/mol. The van der Waals surface area contributed by atoms with E-state index in [1.54, 1.807) is 24.3 Å². The van der Waals surface area contributed by atoms with Gasteiger partial charge in [0.2, 0.25) is 0 Å². The molecule has 2 N–H and O–H groups in total. The maximum atomic E-state index is 13.4. The molecule has 0 aliphatic carbocycles. The lowest BCUT2D eigenvalue weighted by atomic mass is 10.0. The molecule has 0 saturated carbocycles. The van der Waals surface area contributed by atoms with Crippen LogP contribution in [0.4, 0.5) is 4.39 Å². The van der Waals surface area contributed by atoms with Crippen molar-refractivity contribution in [3.63, 3.8) is 0 Å². The largest absolute Gasteiger partial charge is 0.505 e. The molecule has 1 heterocycles. The van der Waals surface area contributed by atoms with Crippen LogP contribution in [0.25, 0.3) is 11.3 Å². The summed E-state index contributed by atoms with van der Waals surface area (Å²) in [7, 11) is 1.41. The summed E-state index contributed by atoms with van der Waals surface area (Å²) < 4.78 is 18.9.